The minimum absolute atomic E-state index is 0.00280. The molecule has 2 atom stereocenters. The zero-order valence-electron chi connectivity index (χ0n) is 44.6. The fourth-order valence-electron chi connectivity index (χ4n) is 13.7. The van der Waals surface area contributed by atoms with Crippen molar-refractivity contribution in [2.24, 2.45) is 18.9 Å². The first-order valence-electron chi connectivity index (χ1n) is 28.0. The van der Waals surface area contributed by atoms with Gasteiger partial charge < -0.3 is 28.9 Å². The Labute approximate surface area is 452 Å². The number of pyridine rings is 2. The van der Waals surface area contributed by atoms with Gasteiger partial charge in [-0.15, -0.1) is 6.42 Å². The van der Waals surface area contributed by atoms with Crippen LogP contribution in [0.2, 0.25) is 0 Å². The lowest BCUT2D eigenvalue weighted by atomic mass is 9.83. The standard InChI is InChI=1S/C34H33F2N5O2.C25H34N6O4/c1-2-23-25(35)11-9-21-7-3-8-24(27(21)23)30-29(36)31-28-26(37-30)12-10-22-19-42-18-6-17-41(22)32(28)39-33(38-31)43-20-34-13-4-15-40(34)16-5-14-34;1-29-23-18(22(28-29)19-4-6-21(32)27-24(19)33)3-5-20(26-23)30-11-7-16(8-12-30)15-17-9-13-31(14-10-17)25(34)35-2/h1,3,7-9,11,22H,4-6,10,12-20H2;3,5,16-17,19H,4,6-15H2,1-2H3,(H,27,32,33). The third-order valence-electron chi connectivity index (χ3n) is 17.8. The van der Waals surface area contributed by atoms with Crippen molar-refractivity contribution in [1.82, 2.24) is 44.8 Å². The number of halogens is 2. The molecule has 11 heterocycles. The SMILES string of the molecule is C#Cc1c(F)ccc2cccc(-c3nc4c5c(nc(OCC67CCCN6CCC7)nc5c3F)N3CCCOCC3CC4)c12.COC(=O)N1CCC(CC2CCN(c3ccc4c(C5CCC(=O)NC5=O)nn(C)c4n3)CC2)CC1. The molecule has 3 amide bonds. The number of terminal acetylenes is 1. The van der Waals surface area contributed by atoms with E-state index in [2.05, 4.69) is 31.0 Å². The highest BCUT2D eigenvalue weighted by Crippen LogP contribution is 2.43. The predicted molar refractivity (Wildman–Crippen MR) is 291 cm³/mol. The molecule has 17 nitrogen and oxygen atoms in total. The molecule has 1 N–H and O–H groups in total. The molecule has 19 heteroatoms. The smallest absolute Gasteiger partial charge is 0.409 e. The number of carbonyl (C=O) groups is 3. The Kier molecular flexibility index (Phi) is 14.4. The number of imide groups is 1. The number of ether oxygens (including phenoxy) is 3. The Morgan fingerprint density at radius 2 is 1.65 bits per heavy atom. The first kappa shape index (κ1) is 51.7. The summed E-state index contributed by atoms with van der Waals surface area (Å²) < 4.78 is 50.7. The van der Waals surface area contributed by atoms with E-state index in [1.54, 1.807) is 16.8 Å². The van der Waals surface area contributed by atoms with Gasteiger partial charge in [0.05, 0.1) is 53.6 Å². The number of rotatable bonds is 8. The number of hydrogen-bond donors (Lipinski definition) is 1. The molecule has 6 fully saturated rings. The molecular weight excluding hydrogens is 997 g/mol. The molecule has 4 aromatic heterocycles. The summed E-state index contributed by atoms with van der Waals surface area (Å²) in [6.07, 6.45) is 18.7. The summed E-state index contributed by atoms with van der Waals surface area (Å²) in [6, 6.07) is 12.7. The molecule has 2 aromatic carbocycles. The average Bonchev–Trinajstić information content (AvgIpc) is 4.08. The van der Waals surface area contributed by atoms with Crippen LogP contribution in [0.4, 0.5) is 25.2 Å². The fourth-order valence-corrected chi connectivity index (χ4v) is 13.7. The van der Waals surface area contributed by atoms with E-state index in [-0.39, 0.29) is 52.3 Å². The van der Waals surface area contributed by atoms with E-state index < -0.39 is 17.6 Å². The molecule has 6 saturated heterocycles. The highest BCUT2D eigenvalue weighted by Gasteiger charge is 2.45. The highest BCUT2D eigenvalue weighted by molar-refractivity contribution is 6.04. The molecule has 7 aliphatic heterocycles. The van der Waals surface area contributed by atoms with Gasteiger partial charge in [-0.05, 0) is 132 Å². The van der Waals surface area contributed by atoms with E-state index in [1.807, 2.05) is 36.2 Å². The lowest BCUT2D eigenvalue weighted by molar-refractivity contribution is -0.134. The Hall–Kier alpha value is -7.04. The monoisotopic (exact) mass is 1060 g/mol. The van der Waals surface area contributed by atoms with Crippen LogP contribution in [0.15, 0.2) is 42.5 Å². The molecule has 0 bridgehead atoms. The van der Waals surface area contributed by atoms with Crippen molar-refractivity contribution >= 4 is 62.3 Å². The van der Waals surface area contributed by atoms with Gasteiger partial charge in [-0.1, -0.05) is 30.2 Å². The minimum Gasteiger partial charge on any atom is -0.461 e. The largest absolute Gasteiger partial charge is 0.461 e. The second-order valence-corrected chi connectivity index (χ2v) is 22.4. The van der Waals surface area contributed by atoms with Crippen molar-refractivity contribution in [3.8, 4) is 29.6 Å². The molecule has 2 unspecified atom stereocenters. The number of aryl methyl sites for hydroxylation is 2. The van der Waals surface area contributed by atoms with Crippen LogP contribution in [0, 0.1) is 35.8 Å². The maximum Gasteiger partial charge on any atom is 0.409 e. The number of carbonyl (C=O) groups excluding carboxylic acids is 3. The normalized spacial score (nSPS) is 21.9. The van der Waals surface area contributed by atoms with Gasteiger partial charge in [0.15, 0.2) is 11.5 Å². The number of aromatic nitrogens is 6. The van der Waals surface area contributed by atoms with Gasteiger partial charge in [0.25, 0.3) is 0 Å². The van der Waals surface area contributed by atoms with Gasteiger partial charge in [0.1, 0.15) is 35.3 Å². The van der Waals surface area contributed by atoms with Crippen molar-refractivity contribution in [3.63, 3.8) is 0 Å². The van der Waals surface area contributed by atoms with Crippen LogP contribution < -0.4 is 19.9 Å². The molecule has 0 aliphatic carbocycles. The third kappa shape index (κ3) is 9.73. The summed E-state index contributed by atoms with van der Waals surface area (Å²) in [5.41, 5.74) is 2.99. The third-order valence-corrected chi connectivity index (χ3v) is 17.8. The van der Waals surface area contributed by atoms with Crippen LogP contribution >= 0.6 is 0 Å². The lowest BCUT2D eigenvalue weighted by Crippen LogP contribution is -2.43. The number of amides is 3. The van der Waals surface area contributed by atoms with Crippen molar-refractivity contribution in [1.29, 1.82) is 0 Å². The number of nitrogens with one attached hydrogen (secondary N) is 1. The second kappa shape index (κ2) is 21.7. The first-order chi connectivity index (χ1) is 38.0. The molecular formula is C59H67F2N11O6. The molecule has 0 spiro atoms. The van der Waals surface area contributed by atoms with Crippen LogP contribution in [0.3, 0.4) is 0 Å². The summed E-state index contributed by atoms with van der Waals surface area (Å²) in [6.45, 7) is 8.17. The number of fused-ring (bicyclic) bond motifs is 5. The first-order valence-corrected chi connectivity index (χ1v) is 28.0. The highest BCUT2D eigenvalue weighted by atomic mass is 19.1. The molecule has 0 radical (unpaired) electrons. The Bertz CT molecular complexity index is 3340. The van der Waals surface area contributed by atoms with Crippen LogP contribution in [0.1, 0.15) is 106 Å². The van der Waals surface area contributed by atoms with Crippen LogP contribution in [0.25, 0.3) is 44.0 Å². The second-order valence-electron chi connectivity index (χ2n) is 22.4. The van der Waals surface area contributed by atoms with Crippen LogP contribution in [-0.2, 0) is 32.5 Å². The summed E-state index contributed by atoms with van der Waals surface area (Å²) in [5.74, 6) is 3.45. The summed E-state index contributed by atoms with van der Waals surface area (Å²) in [5, 5.41) is 9.70. The molecule has 6 aromatic rings. The number of piperidine rings is 3. The summed E-state index contributed by atoms with van der Waals surface area (Å²) in [4.78, 5) is 64.0. The topological polar surface area (TPSA) is 173 Å². The lowest BCUT2D eigenvalue weighted by Gasteiger charge is -2.36. The molecule has 13 rings (SSSR count). The molecule has 78 heavy (non-hydrogen) atoms. The van der Waals surface area contributed by atoms with Crippen molar-refractivity contribution in [2.45, 2.75) is 107 Å². The number of anilines is 2. The summed E-state index contributed by atoms with van der Waals surface area (Å²) in [7, 11) is 3.30. The number of likely N-dealkylation sites (tertiary alicyclic amines) is 1. The Balaban J connectivity index is 0.000000160. The zero-order valence-corrected chi connectivity index (χ0v) is 44.6. The maximum atomic E-state index is 16.9. The van der Waals surface area contributed by atoms with E-state index in [1.165, 1.54) is 19.6 Å². The van der Waals surface area contributed by atoms with Gasteiger partial charge in [-0.3, -0.25) is 24.5 Å². The number of nitrogens with zero attached hydrogens (tertiary/aromatic N) is 10. The zero-order chi connectivity index (χ0) is 53.7. The number of benzene rings is 2. The van der Waals surface area contributed by atoms with Crippen LogP contribution in [-0.4, -0.2) is 142 Å². The Morgan fingerprint density at radius 3 is 2.41 bits per heavy atom. The van der Waals surface area contributed by atoms with Gasteiger partial charge in [-0.2, -0.15) is 15.1 Å². The van der Waals surface area contributed by atoms with E-state index >= 15 is 4.39 Å². The Morgan fingerprint density at radius 1 is 0.872 bits per heavy atom. The number of hydrogen-bond acceptors (Lipinski definition) is 14. The number of methoxy groups -OCH3 is 1. The van der Waals surface area contributed by atoms with Gasteiger partial charge in [0, 0.05) is 69.1 Å². The van der Waals surface area contributed by atoms with Crippen molar-refractivity contribution in [2.75, 3.05) is 82.5 Å². The quantitative estimate of drug-likeness (QED) is 0.114. The van der Waals surface area contributed by atoms with Gasteiger partial charge >= 0.3 is 12.1 Å². The summed E-state index contributed by atoms with van der Waals surface area (Å²) >= 11 is 0. The van der Waals surface area contributed by atoms with E-state index in [9.17, 15) is 18.8 Å². The maximum absolute atomic E-state index is 16.9. The van der Waals surface area contributed by atoms with Crippen molar-refractivity contribution in [3.05, 3.63) is 71.1 Å². The van der Waals surface area contributed by atoms with Gasteiger partial charge in [-0.25, -0.2) is 23.5 Å². The van der Waals surface area contributed by atoms with E-state index in [0.29, 0.717) is 89.8 Å². The van der Waals surface area contributed by atoms with Crippen molar-refractivity contribution < 1.29 is 37.4 Å². The molecule has 7 aliphatic rings. The average molecular weight is 1060 g/mol. The molecule has 408 valence electrons. The fraction of sp³-hybridized carbons (Fsp3) is 0.525. The van der Waals surface area contributed by atoms with Gasteiger partial charge in [0.2, 0.25) is 11.8 Å². The van der Waals surface area contributed by atoms with E-state index in [0.717, 1.165) is 127 Å². The predicted octanol–water partition coefficient (Wildman–Crippen LogP) is 8.23. The minimum atomic E-state index is -0.585. The van der Waals surface area contributed by atoms with Crippen LogP contribution in [0.5, 0.6) is 6.01 Å². The van der Waals surface area contributed by atoms with E-state index in [4.69, 9.17) is 40.6 Å². The molecule has 0 saturated carbocycles.